The van der Waals surface area contributed by atoms with Crippen LogP contribution in [-0.2, 0) is 19.0 Å². The third kappa shape index (κ3) is 3.85. The third-order valence-corrected chi connectivity index (χ3v) is 4.20. The summed E-state index contributed by atoms with van der Waals surface area (Å²) in [5.41, 5.74) is 0.902. The van der Waals surface area contributed by atoms with Crippen LogP contribution in [0.25, 0.3) is 0 Å². The predicted molar refractivity (Wildman–Crippen MR) is 81.0 cm³/mol. The molecule has 22 heavy (non-hydrogen) atoms. The Morgan fingerprint density at radius 3 is 2.59 bits per heavy atom. The number of ether oxygens (including phenoxy) is 3. The van der Waals surface area contributed by atoms with Crippen molar-refractivity contribution in [2.45, 2.75) is 38.8 Å². The Hall–Kier alpha value is -1.43. The third-order valence-electron chi connectivity index (χ3n) is 4.20. The minimum atomic E-state index is -0.536. The zero-order valence-electron chi connectivity index (χ0n) is 13.3. The van der Waals surface area contributed by atoms with E-state index in [2.05, 4.69) is 0 Å². The molecule has 0 spiro atoms. The molecule has 1 N–H and O–H groups in total. The second-order valence-corrected chi connectivity index (χ2v) is 5.82. The average molecular weight is 308 g/mol. The van der Waals surface area contributed by atoms with Gasteiger partial charge in [0, 0.05) is 24.0 Å². The molecule has 1 heterocycles. The zero-order chi connectivity index (χ0) is 16.1. The van der Waals surface area contributed by atoms with Crippen LogP contribution in [0, 0.1) is 11.8 Å². The van der Waals surface area contributed by atoms with Gasteiger partial charge in [-0.05, 0) is 0 Å². The summed E-state index contributed by atoms with van der Waals surface area (Å²) >= 11 is 0. The van der Waals surface area contributed by atoms with E-state index in [0.29, 0.717) is 0 Å². The summed E-state index contributed by atoms with van der Waals surface area (Å²) < 4.78 is 16.8. The second-order valence-electron chi connectivity index (χ2n) is 5.82. The fraction of sp³-hybridized carbons (Fsp3) is 0.588. The van der Waals surface area contributed by atoms with Crippen molar-refractivity contribution in [3.05, 3.63) is 35.9 Å². The van der Waals surface area contributed by atoms with Crippen molar-refractivity contribution < 1.29 is 24.1 Å². The van der Waals surface area contributed by atoms with E-state index in [0.717, 1.165) is 5.56 Å². The van der Waals surface area contributed by atoms with Crippen LogP contribution in [0.4, 0.5) is 0 Å². The average Bonchev–Trinajstić information content (AvgIpc) is 2.56. The van der Waals surface area contributed by atoms with Gasteiger partial charge in [-0.2, -0.15) is 0 Å². The summed E-state index contributed by atoms with van der Waals surface area (Å²) in [5, 5.41) is 9.46. The highest BCUT2D eigenvalue weighted by molar-refractivity contribution is 5.69. The van der Waals surface area contributed by atoms with Gasteiger partial charge in [-0.1, -0.05) is 44.2 Å². The number of carbonyl (C=O) groups excluding carboxylic acids is 1. The Morgan fingerprint density at radius 1 is 1.32 bits per heavy atom. The molecule has 0 unspecified atom stereocenters. The van der Waals surface area contributed by atoms with E-state index in [9.17, 15) is 9.90 Å². The number of carbonyl (C=O) groups is 1. The Labute approximate surface area is 131 Å². The minimum absolute atomic E-state index is 0.0128. The van der Waals surface area contributed by atoms with Gasteiger partial charge in [0.25, 0.3) is 0 Å². The first-order chi connectivity index (χ1) is 10.6. The second kappa shape index (κ2) is 7.72. The van der Waals surface area contributed by atoms with Crippen LogP contribution >= 0.6 is 0 Å². The van der Waals surface area contributed by atoms with Crippen LogP contribution in [-0.4, -0.2) is 37.0 Å². The standard InChI is InChI=1S/C17H24O5/c1-11(10-18)16-12(2)14(9-15(19)20-3)21-17(22-16)13-7-5-4-6-8-13/h4-8,11-12,14,16-18H,9-10H2,1-3H3/t11-,12-,14-,16+,17-/m0/s1. The lowest BCUT2D eigenvalue weighted by atomic mass is 9.87. The monoisotopic (exact) mass is 308 g/mol. The number of aliphatic hydroxyl groups excluding tert-OH is 1. The molecule has 5 heteroatoms. The molecule has 0 amide bonds. The van der Waals surface area contributed by atoms with Crippen LogP contribution in [0.2, 0.25) is 0 Å². The molecular weight excluding hydrogens is 284 g/mol. The minimum Gasteiger partial charge on any atom is -0.469 e. The van der Waals surface area contributed by atoms with E-state index in [-0.39, 0.29) is 43.0 Å². The molecule has 0 saturated carbocycles. The molecule has 1 aromatic carbocycles. The van der Waals surface area contributed by atoms with Crippen LogP contribution in [0.3, 0.4) is 0 Å². The van der Waals surface area contributed by atoms with Gasteiger partial charge in [0.05, 0.1) is 25.7 Å². The summed E-state index contributed by atoms with van der Waals surface area (Å²) in [7, 11) is 1.37. The molecular formula is C17H24O5. The molecule has 1 aromatic rings. The number of methoxy groups -OCH3 is 1. The van der Waals surface area contributed by atoms with Crippen LogP contribution in [0.1, 0.15) is 32.1 Å². The molecule has 0 bridgehead atoms. The number of hydrogen-bond donors (Lipinski definition) is 1. The lowest BCUT2D eigenvalue weighted by Gasteiger charge is -2.42. The maximum atomic E-state index is 11.6. The van der Waals surface area contributed by atoms with Crippen molar-refractivity contribution in [1.82, 2.24) is 0 Å². The van der Waals surface area contributed by atoms with Gasteiger partial charge in [-0.15, -0.1) is 0 Å². The Balaban J connectivity index is 2.20. The summed E-state index contributed by atoms with van der Waals surface area (Å²) in [6, 6.07) is 9.61. The van der Waals surface area contributed by atoms with Gasteiger partial charge >= 0.3 is 5.97 Å². The molecule has 0 aromatic heterocycles. The molecule has 1 aliphatic heterocycles. The first-order valence-corrected chi connectivity index (χ1v) is 7.60. The largest absolute Gasteiger partial charge is 0.469 e. The van der Waals surface area contributed by atoms with E-state index in [1.54, 1.807) is 0 Å². The van der Waals surface area contributed by atoms with Crippen molar-refractivity contribution in [2.75, 3.05) is 13.7 Å². The summed E-state index contributed by atoms with van der Waals surface area (Å²) in [6.45, 7) is 3.94. The quantitative estimate of drug-likeness (QED) is 0.846. The number of rotatable bonds is 5. The molecule has 5 nitrogen and oxygen atoms in total. The highest BCUT2D eigenvalue weighted by atomic mass is 16.7. The normalized spacial score (nSPS) is 29.8. The van der Waals surface area contributed by atoms with Gasteiger partial charge in [-0.3, -0.25) is 4.79 Å². The highest BCUT2D eigenvalue weighted by Crippen LogP contribution is 2.37. The Morgan fingerprint density at radius 2 is 2.00 bits per heavy atom. The number of hydrogen-bond acceptors (Lipinski definition) is 5. The van der Waals surface area contributed by atoms with Gasteiger partial charge in [-0.25, -0.2) is 0 Å². The molecule has 122 valence electrons. The van der Waals surface area contributed by atoms with Gasteiger partial charge in [0.2, 0.25) is 0 Å². The van der Waals surface area contributed by atoms with Gasteiger partial charge < -0.3 is 19.3 Å². The van der Waals surface area contributed by atoms with E-state index < -0.39 is 6.29 Å². The van der Waals surface area contributed by atoms with Gasteiger partial charge in [0.1, 0.15) is 0 Å². The number of aliphatic hydroxyl groups is 1. The molecule has 0 radical (unpaired) electrons. The number of benzene rings is 1. The van der Waals surface area contributed by atoms with Crippen LogP contribution in [0.15, 0.2) is 30.3 Å². The zero-order valence-corrected chi connectivity index (χ0v) is 13.3. The predicted octanol–water partition coefficient (Wildman–Crippen LogP) is 2.30. The molecule has 0 aliphatic carbocycles. The molecule has 1 aliphatic rings. The van der Waals surface area contributed by atoms with E-state index in [1.807, 2.05) is 44.2 Å². The SMILES string of the molecule is COC(=O)C[C@@H]1O[C@H](c2ccccc2)O[C@H]([C@@H](C)CO)[C@H]1C. The van der Waals surface area contributed by atoms with Crippen LogP contribution in [0.5, 0.6) is 0 Å². The van der Waals surface area contributed by atoms with Crippen molar-refractivity contribution in [3.63, 3.8) is 0 Å². The maximum Gasteiger partial charge on any atom is 0.308 e. The van der Waals surface area contributed by atoms with Crippen LogP contribution < -0.4 is 0 Å². The van der Waals surface area contributed by atoms with Crippen molar-refractivity contribution in [2.24, 2.45) is 11.8 Å². The van der Waals surface area contributed by atoms with Crippen molar-refractivity contribution >= 4 is 5.97 Å². The Bertz CT molecular complexity index is 475. The summed E-state index contributed by atoms with van der Waals surface area (Å²) in [5.74, 6) is -0.354. The fourth-order valence-corrected chi connectivity index (χ4v) is 2.80. The van der Waals surface area contributed by atoms with E-state index >= 15 is 0 Å². The first-order valence-electron chi connectivity index (χ1n) is 7.60. The topological polar surface area (TPSA) is 65.0 Å². The molecule has 1 saturated heterocycles. The van der Waals surface area contributed by atoms with E-state index in [1.165, 1.54) is 7.11 Å². The maximum absolute atomic E-state index is 11.6. The summed E-state index contributed by atoms with van der Waals surface area (Å²) in [4.78, 5) is 11.6. The fourth-order valence-electron chi connectivity index (χ4n) is 2.80. The van der Waals surface area contributed by atoms with Gasteiger partial charge in [0.15, 0.2) is 6.29 Å². The highest BCUT2D eigenvalue weighted by Gasteiger charge is 2.40. The van der Waals surface area contributed by atoms with Crippen molar-refractivity contribution in [3.8, 4) is 0 Å². The number of esters is 1. The van der Waals surface area contributed by atoms with Crippen molar-refractivity contribution in [1.29, 1.82) is 0 Å². The lowest BCUT2D eigenvalue weighted by molar-refractivity contribution is -0.282. The molecule has 5 atom stereocenters. The Kier molecular flexibility index (Phi) is 5.94. The smallest absolute Gasteiger partial charge is 0.308 e. The molecule has 1 fully saturated rings. The van der Waals surface area contributed by atoms with E-state index in [4.69, 9.17) is 14.2 Å². The molecule has 2 rings (SSSR count). The first kappa shape index (κ1) is 16.9. The summed E-state index contributed by atoms with van der Waals surface area (Å²) in [6.07, 6.45) is -0.839. The lowest BCUT2D eigenvalue weighted by Crippen LogP contribution is -2.46.